The van der Waals surface area contributed by atoms with Gasteiger partial charge in [0.2, 0.25) is 29.5 Å². The van der Waals surface area contributed by atoms with E-state index in [1.165, 1.54) is 16.7 Å². The smallest absolute Gasteiger partial charge is 0.246 e. The van der Waals surface area contributed by atoms with Gasteiger partial charge in [-0.2, -0.15) is 0 Å². The lowest BCUT2D eigenvalue weighted by Gasteiger charge is -2.35. The van der Waals surface area contributed by atoms with Crippen LogP contribution in [0.5, 0.6) is 0 Å². The van der Waals surface area contributed by atoms with Crippen LogP contribution in [0.15, 0.2) is 30.3 Å². The number of carbonyl (C=O) groups is 5. The van der Waals surface area contributed by atoms with E-state index in [9.17, 15) is 24.0 Å². The molecule has 0 aromatic rings. The van der Waals surface area contributed by atoms with Crippen LogP contribution in [0.1, 0.15) is 88.5 Å². The quantitative estimate of drug-likeness (QED) is 0.236. The molecule has 8 atom stereocenters. The number of thioether (sulfide) groups is 1. The molecule has 14 heteroatoms. The van der Waals surface area contributed by atoms with Crippen molar-refractivity contribution in [3.05, 3.63) is 25.3 Å². The summed E-state index contributed by atoms with van der Waals surface area (Å²) < 4.78 is 12.4. The topological polar surface area (TPSA) is 168 Å². The monoisotopic (exact) mass is 732 g/mol. The highest BCUT2D eigenvalue weighted by atomic mass is 32.2. The van der Waals surface area contributed by atoms with Gasteiger partial charge in [0.15, 0.2) is 0 Å². The van der Waals surface area contributed by atoms with Crippen molar-refractivity contribution in [1.82, 2.24) is 26.2 Å². The molecule has 0 aromatic heterocycles. The second-order valence-electron chi connectivity index (χ2n) is 15.6. The van der Waals surface area contributed by atoms with Gasteiger partial charge in [0.1, 0.15) is 30.2 Å². The first-order valence-electron chi connectivity index (χ1n) is 18.1. The van der Waals surface area contributed by atoms with Crippen LogP contribution >= 0.6 is 11.8 Å². The molecule has 0 spiro atoms. The van der Waals surface area contributed by atoms with Gasteiger partial charge in [0, 0.05) is 12.3 Å². The third-order valence-electron chi connectivity index (χ3n) is 9.43. The first-order valence-corrected chi connectivity index (χ1v) is 19.0. The molecule has 3 aliphatic rings. The van der Waals surface area contributed by atoms with Crippen molar-refractivity contribution in [2.75, 3.05) is 12.3 Å². The van der Waals surface area contributed by atoms with Crippen LogP contribution < -0.4 is 21.3 Å². The van der Waals surface area contributed by atoms with Gasteiger partial charge < -0.3 is 35.6 Å². The van der Waals surface area contributed by atoms with Gasteiger partial charge in [-0.1, -0.05) is 39.8 Å². The number of fused-ring (bicyclic) bond motifs is 2. The molecule has 0 radical (unpaired) electrons. The molecule has 51 heavy (non-hydrogen) atoms. The van der Waals surface area contributed by atoms with Crippen molar-refractivity contribution < 1.29 is 33.4 Å². The fourth-order valence-electron chi connectivity index (χ4n) is 6.39. The zero-order valence-electron chi connectivity index (χ0n) is 32.0. The summed E-state index contributed by atoms with van der Waals surface area (Å²) >= 11 is 1.36. The SMILES string of the molecule is C=CC(C)(C)OC(C)[C@@H]1NC(=O)[C@H]2CSC(=N2)[C@H](CC(C)C)NC(=O)[C@H](C(C)OC(C)(C)C=C)NC(=O)[C@@H]2CCCN2C(=O)[C@H](C(C)C)NC1=O. The van der Waals surface area contributed by atoms with E-state index in [0.717, 1.165) is 0 Å². The van der Waals surface area contributed by atoms with Gasteiger partial charge in [0.05, 0.1) is 34.5 Å². The van der Waals surface area contributed by atoms with E-state index in [0.29, 0.717) is 36.6 Å². The van der Waals surface area contributed by atoms with Crippen LogP contribution in [0.2, 0.25) is 0 Å². The lowest BCUT2D eigenvalue weighted by atomic mass is 10.00. The van der Waals surface area contributed by atoms with Gasteiger partial charge >= 0.3 is 0 Å². The van der Waals surface area contributed by atoms with Crippen molar-refractivity contribution in [2.45, 2.75) is 148 Å². The molecule has 0 aromatic carbocycles. The first-order chi connectivity index (χ1) is 23.7. The van der Waals surface area contributed by atoms with Crippen molar-refractivity contribution >= 4 is 46.3 Å². The first kappa shape index (κ1) is 42.2. The number of nitrogens with one attached hydrogen (secondary N) is 4. The van der Waals surface area contributed by atoms with Crippen LogP contribution in [-0.4, -0.2) is 111 Å². The van der Waals surface area contributed by atoms with Gasteiger partial charge in [-0.25, -0.2) is 0 Å². The Bertz CT molecular complexity index is 1360. The van der Waals surface area contributed by atoms with E-state index in [2.05, 4.69) is 34.4 Å². The molecule has 1 fully saturated rings. The number of nitrogens with zero attached hydrogens (tertiary/aromatic N) is 2. The van der Waals surface area contributed by atoms with E-state index in [4.69, 9.17) is 14.5 Å². The highest BCUT2D eigenvalue weighted by Crippen LogP contribution is 2.26. The van der Waals surface area contributed by atoms with Crippen LogP contribution in [0.25, 0.3) is 0 Å². The van der Waals surface area contributed by atoms with E-state index in [-0.39, 0.29) is 11.8 Å². The van der Waals surface area contributed by atoms with Crippen molar-refractivity contribution in [1.29, 1.82) is 0 Å². The standard InChI is InChI=1S/C37H60N6O7S/c1-13-36(9,10)49-22(7)28-32(46)38-24(18-20(3)4)34-39-25(19-51-34)30(44)41-29(23(8)50-37(11,12)14-2)33(47)40-27(21(5)6)35(48)43-17-15-16-26(43)31(45)42-28/h13-14,20-29H,1-2,15-19H2,3-12H3,(H,38,46)(H,40,47)(H,41,44)(H,42,45)/t22?,23?,24-,25+,26-,27-,28-,29-/m0/s1. The molecule has 13 nitrogen and oxygen atoms in total. The maximum absolute atomic E-state index is 14.2. The Morgan fingerprint density at radius 1 is 0.804 bits per heavy atom. The Kier molecular flexibility index (Phi) is 14.5. The van der Waals surface area contributed by atoms with Crippen molar-refractivity contribution in [2.24, 2.45) is 16.8 Å². The molecule has 4 N–H and O–H groups in total. The molecular weight excluding hydrogens is 673 g/mol. The van der Waals surface area contributed by atoms with Gasteiger partial charge in [-0.05, 0) is 72.6 Å². The number of ether oxygens (including phenoxy) is 2. The summed E-state index contributed by atoms with van der Waals surface area (Å²) in [5.74, 6) is -2.39. The Labute approximate surface area is 307 Å². The minimum absolute atomic E-state index is 0.150. The van der Waals surface area contributed by atoms with E-state index >= 15 is 0 Å². The number of aliphatic imine (C=N–C) groups is 1. The van der Waals surface area contributed by atoms with E-state index in [1.54, 1.807) is 53.7 Å². The third-order valence-corrected chi connectivity index (χ3v) is 10.6. The van der Waals surface area contributed by atoms with Crippen LogP contribution in [0.3, 0.4) is 0 Å². The van der Waals surface area contributed by atoms with Gasteiger partial charge in [-0.3, -0.25) is 29.0 Å². The Balaban J connectivity index is 2.13. The van der Waals surface area contributed by atoms with Crippen LogP contribution in [-0.2, 0) is 33.4 Å². The predicted octanol–water partition coefficient (Wildman–Crippen LogP) is 2.89. The summed E-state index contributed by atoms with van der Waals surface area (Å²) in [6.07, 6.45) is 3.08. The highest BCUT2D eigenvalue weighted by molar-refractivity contribution is 8.14. The number of rotatable bonds is 11. The highest BCUT2D eigenvalue weighted by Gasteiger charge is 2.43. The molecule has 2 bridgehead atoms. The Morgan fingerprint density at radius 2 is 1.31 bits per heavy atom. The molecule has 0 aliphatic carbocycles. The summed E-state index contributed by atoms with van der Waals surface area (Å²) in [5.41, 5.74) is -1.63. The summed E-state index contributed by atoms with van der Waals surface area (Å²) in [7, 11) is 0. The fourth-order valence-corrected chi connectivity index (χ4v) is 7.50. The van der Waals surface area contributed by atoms with E-state index < -0.39 is 89.2 Å². The number of amides is 5. The Morgan fingerprint density at radius 3 is 1.82 bits per heavy atom. The van der Waals surface area contributed by atoms with Gasteiger partial charge in [0.25, 0.3) is 0 Å². The predicted molar refractivity (Wildman–Crippen MR) is 200 cm³/mol. The summed E-state index contributed by atoms with van der Waals surface area (Å²) in [4.78, 5) is 76.5. The molecule has 5 amide bonds. The van der Waals surface area contributed by atoms with Gasteiger partial charge in [-0.15, -0.1) is 24.9 Å². The second-order valence-corrected chi connectivity index (χ2v) is 16.7. The number of hydrogen-bond donors (Lipinski definition) is 4. The molecule has 0 saturated carbocycles. The second kappa shape index (κ2) is 17.5. The zero-order chi connectivity index (χ0) is 38.4. The van der Waals surface area contributed by atoms with Crippen LogP contribution in [0.4, 0.5) is 0 Å². The van der Waals surface area contributed by atoms with Crippen molar-refractivity contribution in [3.63, 3.8) is 0 Å². The molecule has 286 valence electrons. The Hall–Kier alpha value is -3.23. The summed E-state index contributed by atoms with van der Waals surface area (Å²) in [6, 6.07) is -5.59. The normalized spacial score (nSPS) is 28.5. The average molecular weight is 733 g/mol. The molecule has 3 rings (SSSR count). The van der Waals surface area contributed by atoms with Crippen LogP contribution in [0, 0.1) is 11.8 Å². The molecular formula is C37H60N6O7S. The summed E-state index contributed by atoms with van der Waals surface area (Å²) in [5, 5.41) is 12.3. The van der Waals surface area contributed by atoms with Crippen molar-refractivity contribution in [3.8, 4) is 0 Å². The number of carbonyl (C=O) groups excluding carboxylic acids is 5. The largest absolute Gasteiger partial charge is 0.366 e. The van der Waals surface area contributed by atoms with E-state index in [1.807, 2.05) is 27.7 Å². The maximum atomic E-state index is 14.2. The minimum Gasteiger partial charge on any atom is -0.366 e. The lowest BCUT2D eigenvalue weighted by Crippen LogP contribution is -2.62. The molecule has 2 unspecified atom stereocenters. The number of hydrogen-bond acceptors (Lipinski definition) is 9. The minimum atomic E-state index is -1.18. The third kappa shape index (κ3) is 11.1. The maximum Gasteiger partial charge on any atom is 0.246 e. The zero-order valence-corrected chi connectivity index (χ0v) is 32.9. The lowest BCUT2D eigenvalue weighted by molar-refractivity contribution is -0.145. The molecule has 3 aliphatic heterocycles. The molecule has 3 heterocycles. The molecule has 1 saturated heterocycles. The average Bonchev–Trinajstić information content (AvgIpc) is 3.74. The summed E-state index contributed by atoms with van der Waals surface area (Å²) in [6.45, 7) is 26.2. The fraction of sp³-hybridized carbons (Fsp3) is 0.730.